The van der Waals surface area contributed by atoms with Gasteiger partial charge in [-0.05, 0) is 32.9 Å². The number of aromatic nitrogens is 3. The van der Waals surface area contributed by atoms with Gasteiger partial charge in [0.1, 0.15) is 0 Å². The van der Waals surface area contributed by atoms with Crippen LogP contribution in [0.1, 0.15) is 44.5 Å². The van der Waals surface area contributed by atoms with E-state index in [0.29, 0.717) is 11.9 Å². The van der Waals surface area contributed by atoms with Gasteiger partial charge in [0.25, 0.3) is 0 Å². The number of nitrogens with two attached hydrogens (primary N) is 1. The summed E-state index contributed by atoms with van der Waals surface area (Å²) in [6, 6.07) is 0.196. The summed E-state index contributed by atoms with van der Waals surface area (Å²) in [4.78, 5) is 17.3. The SMILES string of the molecule is CC(c1nc(N)nc(N(C)C)n1)N1CCCCCC1. The highest BCUT2D eigenvalue weighted by atomic mass is 15.3. The van der Waals surface area contributed by atoms with Crippen molar-refractivity contribution in [2.45, 2.75) is 38.6 Å². The van der Waals surface area contributed by atoms with Crippen LogP contribution in [0.2, 0.25) is 0 Å². The summed E-state index contributed by atoms with van der Waals surface area (Å²) in [7, 11) is 3.82. The van der Waals surface area contributed by atoms with Crippen LogP contribution in [0.3, 0.4) is 0 Å². The van der Waals surface area contributed by atoms with Gasteiger partial charge in [-0.1, -0.05) is 12.8 Å². The molecule has 106 valence electrons. The van der Waals surface area contributed by atoms with Gasteiger partial charge < -0.3 is 10.6 Å². The van der Waals surface area contributed by atoms with Gasteiger partial charge in [-0.25, -0.2) is 0 Å². The van der Waals surface area contributed by atoms with E-state index in [2.05, 4.69) is 26.8 Å². The minimum atomic E-state index is 0.196. The minimum absolute atomic E-state index is 0.196. The third kappa shape index (κ3) is 3.53. The van der Waals surface area contributed by atoms with Gasteiger partial charge >= 0.3 is 0 Å². The van der Waals surface area contributed by atoms with Crippen LogP contribution in [0.5, 0.6) is 0 Å². The van der Waals surface area contributed by atoms with Crippen LogP contribution in [0.15, 0.2) is 0 Å². The van der Waals surface area contributed by atoms with Gasteiger partial charge in [-0.15, -0.1) is 0 Å². The summed E-state index contributed by atoms with van der Waals surface area (Å²) in [5.74, 6) is 1.71. The number of hydrogen-bond acceptors (Lipinski definition) is 6. The largest absolute Gasteiger partial charge is 0.368 e. The molecule has 1 aliphatic heterocycles. The Morgan fingerprint density at radius 3 is 2.26 bits per heavy atom. The summed E-state index contributed by atoms with van der Waals surface area (Å²) in [6.07, 6.45) is 5.16. The second-order valence-corrected chi connectivity index (χ2v) is 5.37. The van der Waals surface area contributed by atoms with Crippen molar-refractivity contribution in [1.29, 1.82) is 0 Å². The monoisotopic (exact) mass is 264 g/mol. The maximum Gasteiger partial charge on any atom is 0.229 e. The maximum atomic E-state index is 5.79. The summed E-state index contributed by atoms with van der Waals surface area (Å²) >= 11 is 0. The molecular weight excluding hydrogens is 240 g/mol. The number of nitrogen functional groups attached to an aromatic ring is 1. The van der Waals surface area contributed by atoms with Crippen molar-refractivity contribution < 1.29 is 0 Å². The van der Waals surface area contributed by atoms with E-state index in [9.17, 15) is 0 Å². The fraction of sp³-hybridized carbons (Fsp3) is 0.769. The first-order chi connectivity index (χ1) is 9.08. The smallest absolute Gasteiger partial charge is 0.229 e. The predicted molar refractivity (Wildman–Crippen MR) is 77.0 cm³/mol. The molecule has 1 atom stereocenters. The first kappa shape index (κ1) is 14.0. The molecular formula is C13H24N6. The van der Waals surface area contributed by atoms with Crippen molar-refractivity contribution in [3.63, 3.8) is 0 Å². The van der Waals surface area contributed by atoms with E-state index < -0.39 is 0 Å². The van der Waals surface area contributed by atoms with Crippen molar-refractivity contribution in [1.82, 2.24) is 19.9 Å². The Hall–Kier alpha value is -1.43. The fourth-order valence-electron chi connectivity index (χ4n) is 2.43. The van der Waals surface area contributed by atoms with Crippen LogP contribution < -0.4 is 10.6 Å². The highest BCUT2D eigenvalue weighted by Crippen LogP contribution is 2.22. The van der Waals surface area contributed by atoms with Crippen molar-refractivity contribution in [2.75, 3.05) is 37.8 Å². The van der Waals surface area contributed by atoms with Gasteiger partial charge in [-0.2, -0.15) is 15.0 Å². The molecule has 1 fully saturated rings. The molecule has 0 aliphatic carbocycles. The van der Waals surface area contributed by atoms with Crippen molar-refractivity contribution in [3.05, 3.63) is 5.82 Å². The van der Waals surface area contributed by atoms with Crippen molar-refractivity contribution in [2.24, 2.45) is 0 Å². The zero-order valence-corrected chi connectivity index (χ0v) is 12.1. The maximum absolute atomic E-state index is 5.79. The number of likely N-dealkylation sites (tertiary alicyclic amines) is 1. The normalized spacial score (nSPS) is 18.9. The van der Waals surface area contributed by atoms with E-state index in [0.717, 1.165) is 18.9 Å². The lowest BCUT2D eigenvalue weighted by atomic mass is 10.2. The number of rotatable bonds is 3. The lowest BCUT2D eigenvalue weighted by Gasteiger charge is -2.26. The van der Waals surface area contributed by atoms with E-state index in [1.807, 2.05) is 19.0 Å². The molecule has 0 radical (unpaired) electrons. The Morgan fingerprint density at radius 1 is 1.05 bits per heavy atom. The Labute approximate surface area is 115 Å². The molecule has 1 aromatic heterocycles. The molecule has 6 nitrogen and oxygen atoms in total. The first-order valence-corrected chi connectivity index (χ1v) is 7.01. The Balaban J connectivity index is 2.19. The van der Waals surface area contributed by atoms with E-state index in [-0.39, 0.29) is 6.04 Å². The lowest BCUT2D eigenvalue weighted by molar-refractivity contribution is 0.211. The summed E-state index contributed by atoms with van der Waals surface area (Å²) in [5.41, 5.74) is 5.79. The van der Waals surface area contributed by atoms with Gasteiger partial charge in [0, 0.05) is 14.1 Å². The third-order valence-electron chi connectivity index (χ3n) is 3.62. The Morgan fingerprint density at radius 2 is 1.68 bits per heavy atom. The molecule has 1 unspecified atom stereocenters. The van der Waals surface area contributed by atoms with Crippen LogP contribution in [0.4, 0.5) is 11.9 Å². The van der Waals surface area contributed by atoms with Gasteiger partial charge in [0.2, 0.25) is 11.9 Å². The molecule has 2 rings (SSSR count). The Bertz CT molecular complexity index is 412. The quantitative estimate of drug-likeness (QED) is 0.891. The second-order valence-electron chi connectivity index (χ2n) is 5.37. The molecule has 0 aromatic carbocycles. The molecule has 0 bridgehead atoms. The summed E-state index contributed by atoms with van der Waals surface area (Å²) in [6.45, 7) is 4.38. The highest BCUT2D eigenvalue weighted by molar-refractivity contribution is 5.33. The number of hydrogen-bond donors (Lipinski definition) is 1. The van der Waals surface area contributed by atoms with Crippen LogP contribution in [0.25, 0.3) is 0 Å². The molecule has 1 aromatic rings. The average molecular weight is 264 g/mol. The molecule has 0 amide bonds. The number of nitrogens with zero attached hydrogens (tertiary/aromatic N) is 5. The van der Waals surface area contributed by atoms with Crippen LogP contribution in [-0.4, -0.2) is 47.0 Å². The van der Waals surface area contributed by atoms with Crippen molar-refractivity contribution in [3.8, 4) is 0 Å². The Kier molecular flexibility index (Phi) is 4.52. The molecule has 1 saturated heterocycles. The number of anilines is 2. The summed E-state index contributed by atoms with van der Waals surface area (Å²) < 4.78 is 0. The fourth-order valence-corrected chi connectivity index (χ4v) is 2.43. The second kappa shape index (κ2) is 6.14. The van der Waals surface area contributed by atoms with Crippen LogP contribution >= 0.6 is 0 Å². The molecule has 1 aliphatic rings. The van der Waals surface area contributed by atoms with E-state index in [1.54, 1.807) is 0 Å². The first-order valence-electron chi connectivity index (χ1n) is 7.01. The van der Waals surface area contributed by atoms with E-state index in [4.69, 9.17) is 5.73 Å². The lowest BCUT2D eigenvalue weighted by Crippen LogP contribution is -2.30. The predicted octanol–water partition coefficient (Wildman–Crippen LogP) is 1.46. The molecule has 0 spiro atoms. The van der Waals surface area contributed by atoms with E-state index in [1.165, 1.54) is 25.7 Å². The van der Waals surface area contributed by atoms with Crippen LogP contribution in [0, 0.1) is 0 Å². The zero-order valence-electron chi connectivity index (χ0n) is 12.1. The van der Waals surface area contributed by atoms with Gasteiger partial charge in [-0.3, -0.25) is 4.90 Å². The minimum Gasteiger partial charge on any atom is -0.368 e. The molecule has 19 heavy (non-hydrogen) atoms. The van der Waals surface area contributed by atoms with Gasteiger partial charge in [0.05, 0.1) is 6.04 Å². The molecule has 2 heterocycles. The third-order valence-corrected chi connectivity index (χ3v) is 3.62. The molecule has 0 saturated carbocycles. The highest BCUT2D eigenvalue weighted by Gasteiger charge is 2.21. The van der Waals surface area contributed by atoms with Crippen molar-refractivity contribution >= 4 is 11.9 Å². The average Bonchev–Trinajstić information content (AvgIpc) is 2.65. The topological polar surface area (TPSA) is 71.2 Å². The molecule has 6 heteroatoms. The van der Waals surface area contributed by atoms with E-state index >= 15 is 0 Å². The van der Waals surface area contributed by atoms with Crippen LogP contribution in [-0.2, 0) is 0 Å². The summed E-state index contributed by atoms with van der Waals surface area (Å²) in [5, 5.41) is 0. The molecule has 2 N–H and O–H groups in total. The van der Waals surface area contributed by atoms with Gasteiger partial charge in [0.15, 0.2) is 5.82 Å². The zero-order chi connectivity index (χ0) is 13.8. The standard InChI is InChI=1S/C13H24N6/c1-10(19-8-6-4-5-7-9-19)11-15-12(14)17-13(16-11)18(2)3/h10H,4-9H2,1-3H3,(H2,14,15,16,17).